The summed E-state index contributed by atoms with van der Waals surface area (Å²) in [4.78, 5) is 18.2. The summed E-state index contributed by atoms with van der Waals surface area (Å²) >= 11 is 1.42. The van der Waals surface area contributed by atoms with Crippen molar-refractivity contribution in [3.8, 4) is 0 Å². The van der Waals surface area contributed by atoms with Crippen molar-refractivity contribution >= 4 is 11.8 Å². The maximum atomic E-state index is 11.3. The lowest BCUT2D eigenvalue weighted by molar-refractivity contribution is 0.165. The van der Waals surface area contributed by atoms with E-state index in [1.807, 2.05) is 0 Å². The zero-order valence-electron chi connectivity index (χ0n) is 10.7. The Bertz CT molecular complexity index is 441. The third kappa shape index (κ3) is 4.14. The first kappa shape index (κ1) is 13.6. The molecule has 18 heavy (non-hydrogen) atoms. The van der Waals surface area contributed by atoms with E-state index in [2.05, 4.69) is 9.97 Å². The Morgan fingerprint density at radius 1 is 1.56 bits per heavy atom. The number of hydrogen-bond acceptors (Lipinski definition) is 4. The Morgan fingerprint density at radius 3 is 2.94 bits per heavy atom. The number of aliphatic hydroxyl groups is 1. The van der Waals surface area contributed by atoms with E-state index in [0.29, 0.717) is 22.5 Å². The summed E-state index contributed by atoms with van der Waals surface area (Å²) in [6, 6.07) is 1.47. The molecule has 5 heteroatoms. The molecular formula is C13H20N2O2S. The molecule has 1 aromatic rings. The monoisotopic (exact) mass is 268 g/mol. The van der Waals surface area contributed by atoms with Crippen molar-refractivity contribution in [3.05, 3.63) is 22.1 Å². The number of nitrogens with one attached hydrogen (secondary N) is 1. The lowest BCUT2D eigenvalue weighted by Gasteiger charge is -2.14. The second-order valence-electron chi connectivity index (χ2n) is 5.04. The molecule has 0 saturated heterocycles. The van der Waals surface area contributed by atoms with Crippen LogP contribution in [0.25, 0.3) is 0 Å². The van der Waals surface area contributed by atoms with Gasteiger partial charge in [-0.05, 0) is 19.3 Å². The Kier molecular flexibility index (Phi) is 4.83. The minimum atomic E-state index is -0.302. The Balaban J connectivity index is 1.81. The van der Waals surface area contributed by atoms with Crippen LogP contribution in [0.2, 0.25) is 0 Å². The lowest BCUT2D eigenvalue weighted by atomic mass is 10.0. The first-order valence-electron chi connectivity index (χ1n) is 6.52. The molecule has 0 amide bonds. The van der Waals surface area contributed by atoms with E-state index < -0.39 is 0 Å². The number of aromatic nitrogens is 2. The summed E-state index contributed by atoms with van der Waals surface area (Å²) in [7, 11) is 0. The van der Waals surface area contributed by atoms with E-state index >= 15 is 0 Å². The van der Waals surface area contributed by atoms with Gasteiger partial charge in [-0.1, -0.05) is 37.4 Å². The van der Waals surface area contributed by atoms with Crippen LogP contribution in [0, 0.1) is 12.8 Å². The third-order valence-electron chi connectivity index (χ3n) is 3.34. The standard InChI is InChI=1S/C13H20N2O2S/c1-9-6-12(17)15-13(14-9)18-8-11(16)7-10-4-2-3-5-10/h6,10-11,16H,2-5,7-8H2,1H3,(H,14,15,17). The van der Waals surface area contributed by atoms with Crippen LogP contribution < -0.4 is 5.56 Å². The molecular weight excluding hydrogens is 248 g/mol. The zero-order chi connectivity index (χ0) is 13.0. The van der Waals surface area contributed by atoms with Gasteiger partial charge in [-0.2, -0.15) is 0 Å². The number of rotatable bonds is 5. The van der Waals surface area contributed by atoms with Crippen molar-refractivity contribution in [2.24, 2.45) is 5.92 Å². The third-order valence-corrected chi connectivity index (χ3v) is 4.36. The van der Waals surface area contributed by atoms with Gasteiger partial charge in [0.2, 0.25) is 0 Å². The fourth-order valence-corrected chi connectivity index (χ4v) is 3.36. The molecule has 1 aliphatic rings. The van der Waals surface area contributed by atoms with Gasteiger partial charge in [0, 0.05) is 17.5 Å². The van der Waals surface area contributed by atoms with Crippen molar-refractivity contribution < 1.29 is 5.11 Å². The van der Waals surface area contributed by atoms with Gasteiger partial charge in [0.05, 0.1) is 6.10 Å². The predicted octanol–water partition coefficient (Wildman–Crippen LogP) is 2.11. The largest absolute Gasteiger partial charge is 0.392 e. The fraction of sp³-hybridized carbons (Fsp3) is 0.692. The molecule has 2 rings (SSSR count). The first-order valence-corrected chi connectivity index (χ1v) is 7.51. The molecule has 1 aliphatic carbocycles. The fourth-order valence-electron chi connectivity index (χ4n) is 2.49. The van der Waals surface area contributed by atoms with Crippen molar-refractivity contribution in [2.45, 2.75) is 50.3 Å². The van der Waals surface area contributed by atoms with E-state index in [-0.39, 0.29) is 11.7 Å². The lowest BCUT2D eigenvalue weighted by Crippen LogP contribution is -2.15. The van der Waals surface area contributed by atoms with Crippen LogP contribution in [-0.2, 0) is 0 Å². The van der Waals surface area contributed by atoms with E-state index in [4.69, 9.17) is 0 Å². The molecule has 0 aliphatic heterocycles. The molecule has 1 unspecified atom stereocenters. The van der Waals surface area contributed by atoms with E-state index in [9.17, 15) is 9.90 Å². The second-order valence-corrected chi connectivity index (χ2v) is 6.05. The molecule has 0 bridgehead atoms. The minimum Gasteiger partial charge on any atom is -0.392 e. The highest BCUT2D eigenvalue weighted by molar-refractivity contribution is 7.99. The summed E-state index contributed by atoms with van der Waals surface area (Å²) < 4.78 is 0. The van der Waals surface area contributed by atoms with E-state index in [1.54, 1.807) is 6.92 Å². The quantitative estimate of drug-likeness (QED) is 0.634. The molecule has 1 atom stereocenters. The molecule has 1 aromatic heterocycles. The van der Waals surface area contributed by atoms with Gasteiger partial charge >= 0.3 is 0 Å². The average Bonchev–Trinajstić information content (AvgIpc) is 2.78. The molecule has 4 nitrogen and oxygen atoms in total. The van der Waals surface area contributed by atoms with E-state index in [1.165, 1.54) is 43.5 Å². The normalized spacial score (nSPS) is 18.1. The van der Waals surface area contributed by atoms with Crippen molar-refractivity contribution in [1.82, 2.24) is 9.97 Å². The van der Waals surface area contributed by atoms with Crippen molar-refractivity contribution in [2.75, 3.05) is 5.75 Å². The summed E-state index contributed by atoms with van der Waals surface area (Å²) in [6.45, 7) is 1.80. The van der Waals surface area contributed by atoms with Crippen LogP contribution in [0.3, 0.4) is 0 Å². The Morgan fingerprint density at radius 2 is 2.28 bits per heavy atom. The molecule has 2 N–H and O–H groups in total. The summed E-state index contributed by atoms with van der Waals surface area (Å²) in [5.41, 5.74) is 0.585. The van der Waals surface area contributed by atoms with Crippen molar-refractivity contribution in [1.29, 1.82) is 0 Å². The molecule has 100 valence electrons. The average molecular weight is 268 g/mol. The highest BCUT2D eigenvalue weighted by Gasteiger charge is 2.19. The number of H-pyrrole nitrogens is 1. The first-order chi connectivity index (χ1) is 8.63. The molecule has 0 radical (unpaired) electrons. The summed E-state index contributed by atoms with van der Waals surface area (Å²) in [5, 5.41) is 10.6. The van der Waals surface area contributed by atoms with Crippen LogP contribution in [0.1, 0.15) is 37.8 Å². The van der Waals surface area contributed by atoms with Crippen LogP contribution in [-0.4, -0.2) is 26.9 Å². The van der Waals surface area contributed by atoms with Crippen LogP contribution in [0.5, 0.6) is 0 Å². The van der Waals surface area contributed by atoms with Gasteiger partial charge in [0.15, 0.2) is 5.16 Å². The number of nitrogens with zero attached hydrogens (tertiary/aromatic N) is 1. The van der Waals surface area contributed by atoms with Crippen LogP contribution >= 0.6 is 11.8 Å². The minimum absolute atomic E-state index is 0.129. The number of aryl methyl sites for hydroxylation is 1. The molecule has 0 spiro atoms. The Labute approximate surface area is 111 Å². The summed E-state index contributed by atoms with van der Waals surface area (Å²) in [6.07, 6.45) is 5.68. The van der Waals surface area contributed by atoms with Crippen LogP contribution in [0.15, 0.2) is 16.0 Å². The SMILES string of the molecule is Cc1cc(=O)[nH]c(SCC(O)CC2CCCC2)n1. The zero-order valence-corrected chi connectivity index (χ0v) is 11.5. The second kappa shape index (κ2) is 6.38. The Hall–Kier alpha value is -0.810. The van der Waals surface area contributed by atoms with Gasteiger partial charge < -0.3 is 10.1 Å². The molecule has 1 heterocycles. The smallest absolute Gasteiger partial charge is 0.251 e. The number of hydrogen-bond donors (Lipinski definition) is 2. The molecule has 1 saturated carbocycles. The van der Waals surface area contributed by atoms with Gasteiger partial charge in [-0.3, -0.25) is 4.79 Å². The number of aromatic amines is 1. The van der Waals surface area contributed by atoms with Gasteiger partial charge in [-0.25, -0.2) is 4.98 Å². The van der Waals surface area contributed by atoms with Gasteiger partial charge in [-0.15, -0.1) is 0 Å². The molecule has 1 fully saturated rings. The van der Waals surface area contributed by atoms with Gasteiger partial charge in [0.25, 0.3) is 5.56 Å². The highest BCUT2D eigenvalue weighted by atomic mass is 32.2. The van der Waals surface area contributed by atoms with Gasteiger partial charge in [0.1, 0.15) is 0 Å². The summed E-state index contributed by atoms with van der Waals surface area (Å²) in [5.74, 6) is 1.29. The highest BCUT2D eigenvalue weighted by Crippen LogP contribution is 2.29. The van der Waals surface area contributed by atoms with Crippen molar-refractivity contribution in [3.63, 3.8) is 0 Å². The topological polar surface area (TPSA) is 66.0 Å². The number of aliphatic hydroxyl groups excluding tert-OH is 1. The predicted molar refractivity (Wildman–Crippen MR) is 72.9 cm³/mol. The maximum Gasteiger partial charge on any atom is 0.251 e. The number of thioether (sulfide) groups is 1. The van der Waals surface area contributed by atoms with Crippen LogP contribution in [0.4, 0.5) is 0 Å². The van der Waals surface area contributed by atoms with E-state index in [0.717, 1.165) is 6.42 Å². The maximum absolute atomic E-state index is 11.3. The molecule has 0 aromatic carbocycles.